The van der Waals surface area contributed by atoms with Crippen LogP contribution in [0.2, 0.25) is 0 Å². The topological polar surface area (TPSA) is 4.93 Å². The highest BCUT2D eigenvalue weighted by Crippen LogP contribution is 2.20. The number of aryl methyl sites for hydroxylation is 1. The molecule has 2 heteroatoms. The number of rotatable bonds is 0. The standard InChI is InChI=1S/C9H8IN/c1-11-6-5-7-8(10)3-2-4-9(7)11/h2-6H,1H3. The highest BCUT2D eigenvalue weighted by molar-refractivity contribution is 14.1. The summed E-state index contributed by atoms with van der Waals surface area (Å²) in [7, 11) is 2.07. The maximum absolute atomic E-state index is 2.36. The number of aromatic nitrogens is 1. The first-order chi connectivity index (χ1) is 5.29. The van der Waals surface area contributed by atoms with Crippen LogP contribution in [0.4, 0.5) is 0 Å². The minimum absolute atomic E-state index is 1.30. The summed E-state index contributed by atoms with van der Waals surface area (Å²) in [4.78, 5) is 0. The highest BCUT2D eigenvalue weighted by atomic mass is 127. The lowest BCUT2D eigenvalue weighted by Crippen LogP contribution is -1.83. The van der Waals surface area contributed by atoms with Gasteiger partial charge in [-0.15, -0.1) is 0 Å². The van der Waals surface area contributed by atoms with E-state index in [1.165, 1.54) is 14.5 Å². The number of hydrogen-bond acceptors (Lipinski definition) is 0. The molecule has 0 saturated heterocycles. The molecule has 2 rings (SSSR count). The van der Waals surface area contributed by atoms with Crippen molar-refractivity contribution in [3.05, 3.63) is 34.0 Å². The first kappa shape index (κ1) is 7.16. The predicted molar refractivity (Wildman–Crippen MR) is 55.6 cm³/mol. The van der Waals surface area contributed by atoms with Crippen molar-refractivity contribution < 1.29 is 0 Å². The quantitative estimate of drug-likeness (QED) is 0.639. The van der Waals surface area contributed by atoms with Crippen LogP contribution < -0.4 is 0 Å². The van der Waals surface area contributed by atoms with Crippen molar-refractivity contribution in [2.45, 2.75) is 0 Å². The largest absolute Gasteiger partial charge is 0.351 e. The van der Waals surface area contributed by atoms with Crippen LogP contribution in [0.1, 0.15) is 0 Å². The van der Waals surface area contributed by atoms with E-state index in [-0.39, 0.29) is 0 Å². The zero-order valence-corrected chi connectivity index (χ0v) is 8.37. The van der Waals surface area contributed by atoms with Gasteiger partial charge < -0.3 is 4.57 Å². The van der Waals surface area contributed by atoms with Gasteiger partial charge in [-0.2, -0.15) is 0 Å². The molecular weight excluding hydrogens is 249 g/mol. The molecule has 0 amide bonds. The minimum Gasteiger partial charge on any atom is -0.351 e. The Morgan fingerprint density at radius 3 is 2.82 bits per heavy atom. The Kier molecular flexibility index (Phi) is 1.64. The van der Waals surface area contributed by atoms with Crippen molar-refractivity contribution in [3.63, 3.8) is 0 Å². The van der Waals surface area contributed by atoms with Crippen LogP contribution in [-0.4, -0.2) is 4.57 Å². The molecule has 0 aliphatic rings. The van der Waals surface area contributed by atoms with Crippen LogP contribution in [0.15, 0.2) is 30.5 Å². The fourth-order valence-corrected chi connectivity index (χ4v) is 1.93. The summed E-state index contributed by atoms with van der Waals surface area (Å²) in [5.74, 6) is 0. The monoisotopic (exact) mass is 257 g/mol. The van der Waals surface area contributed by atoms with Gasteiger partial charge >= 0.3 is 0 Å². The SMILES string of the molecule is Cn1ccc2c(I)cccc21. The number of nitrogens with zero attached hydrogens (tertiary/aromatic N) is 1. The van der Waals surface area contributed by atoms with Gasteiger partial charge in [0.05, 0.1) is 0 Å². The Balaban J connectivity index is 2.94. The molecule has 1 heterocycles. The van der Waals surface area contributed by atoms with Crippen molar-refractivity contribution >= 4 is 33.5 Å². The smallest absolute Gasteiger partial charge is 0.0488 e. The Hall–Kier alpha value is -0.510. The summed E-state index contributed by atoms with van der Waals surface area (Å²) in [6.45, 7) is 0. The highest BCUT2D eigenvalue weighted by Gasteiger charge is 1.98. The van der Waals surface area contributed by atoms with E-state index in [0.717, 1.165) is 0 Å². The van der Waals surface area contributed by atoms with Gasteiger partial charge in [0.1, 0.15) is 0 Å². The normalized spacial score (nSPS) is 10.7. The second kappa shape index (κ2) is 2.52. The maximum Gasteiger partial charge on any atom is 0.0488 e. The van der Waals surface area contributed by atoms with E-state index in [2.05, 4.69) is 64.7 Å². The van der Waals surface area contributed by atoms with Crippen molar-refractivity contribution in [1.82, 2.24) is 4.57 Å². The number of benzene rings is 1. The van der Waals surface area contributed by atoms with Crippen molar-refractivity contribution in [2.24, 2.45) is 7.05 Å². The molecule has 0 aliphatic carbocycles. The molecule has 0 fully saturated rings. The average molecular weight is 257 g/mol. The van der Waals surface area contributed by atoms with Crippen LogP contribution in [0.5, 0.6) is 0 Å². The van der Waals surface area contributed by atoms with E-state index in [9.17, 15) is 0 Å². The Morgan fingerprint density at radius 2 is 2.09 bits per heavy atom. The molecule has 11 heavy (non-hydrogen) atoms. The third-order valence-electron chi connectivity index (χ3n) is 1.87. The van der Waals surface area contributed by atoms with Crippen molar-refractivity contribution in [3.8, 4) is 0 Å². The lowest BCUT2D eigenvalue weighted by Gasteiger charge is -1.95. The molecule has 0 bridgehead atoms. The molecule has 0 unspecified atom stereocenters. The molecule has 0 aliphatic heterocycles. The summed E-state index contributed by atoms with van der Waals surface area (Å²) in [6, 6.07) is 8.50. The molecule has 0 spiro atoms. The summed E-state index contributed by atoms with van der Waals surface area (Å²) in [6.07, 6.45) is 2.09. The molecule has 1 aromatic heterocycles. The maximum atomic E-state index is 2.36. The lowest BCUT2D eigenvalue weighted by molar-refractivity contribution is 0.969. The van der Waals surface area contributed by atoms with Crippen LogP contribution in [0.25, 0.3) is 10.9 Å². The van der Waals surface area contributed by atoms with Gasteiger partial charge in [-0.1, -0.05) is 6.07 Å². The van der Waals surface area contributed by atoms with E-state index >= 15 is 0 Å². The Bertz CT molecular complexity index is 389. The van der Waals surface area contributed by atoms with Crippen LogP contribution in [0, 0.1) is 3.57 Å². The zero-order valence-electron chi connectivity index (χ0n) is 6.21. The summed E-state index contributed by atoms with van der Waals surface area (Å²) in [5, 5.41) is 1.34. The lowest BCUT2D eigenvalue weighted by atomic mass is 10.2. The van der Waals surface area contributed by atoms with Gasteiger partial charge in [-0.25, -0.2) is 0 Å². The van der Waals surface area contributed by atoms with Gasteiger partial charge in [0.15, 0.2) is 0 Å². The molecular formula is C9H8IN. The molecule has 56 valence electrons. The van der Waals surface area contributed by atoms with Crippen LogP contribution >= 0.6 is 22.6 Å². The third kappa shape index (κ3) is 1.05. The van der Waals surface area contributed by atoms with E-state index in [0.29, 0.717) is 0 Å². The van der Waals surface area contributed by atoms with Crippen LogP contribution in [-0.2, 0) is 7.05 Å². The van der Waals surface area contributed by atoms with E-state index in [1.54, 1.807) is 0 Å². The molecule has 1 aromatic carbocycles. The van der Waals surface area contributed by atoms with Gasteiger partial charge in [0, 0.05) is 27.7 Å². The van der Waals surface area contributed by atoms with Crippen LogP contribution in [0.3, 0.4) is 0 Å². The Morgan fingerprint density at radius 1 is 1.27 bits per heavy atom. The molecule has 0 saturated carbocycles. The first-order valence-corrected chi connectivity index (χ1v) is 4.56. The average Bonchev–Trinajstić information content (AvgIpc) is 2.35. The molecule has 0 N–H and O–H groups in total. The molecule has 2 aromatic rings. The number of hydrogen-bond donors (Lipinski definition) is 0. The van der Waals surface area contributed by atoms with E-state index in [1.807, 2.05) is 0 Å². The fourth-order valence-electron chi connectivity index (χ4n) is 1.26. The zero-order chi connectivity index (χ0) is 7.84. The van der Waals surface area contributed by atoms with E-state index < -0.39 is 0 Å². The molecule has 0 radical (unpaired) electrons. The van der Waals surface area contributed by atoms with Gasteiger partial charge in [0.2, 0.25) is 0 Å². The predicted octanol–water partition coefficient (Wildman–Crippen LogP) is 2.78. The molecule has 0 atom stereocenters. The van der Waals surface area contributed by atoms with Gasteiger partial charge in [-0.05, 0) is 40.8 Å². The Labute approximate surface area is 79.2 Å². The summed E-state index contributed by atoms with van der Waals surface area (Å²) < 4.78 is 3.46. The van der Waals surface area contributed by atoms with Crippen molar-refractivity contribution in [1.29, 1.82) is 0 Å². The van der Waals surface area contributed by atoms with Crippen molar-refractivity contribution in [2.75, 3.05) is 0 Å². The summed E-state index contributed by atoms with van der Waals surface area (Å²) >= 11 is 2.36. The first-order valence-electron chi connectivity index (χ1n) is 3.48. The number of halogens is 1. The summed E-state index contributed by atoms with van der Waals surface area (Å²) in [5.41, 5.74) is 1.30. The fraction of sp³-hybridized carbons (Fsp3) is 0.111. The second-order valence-corrected chi connectivity index (χ2v) is 3.76. The number of fused-ring (bicyclic) bond motifs is 1. The van der Waals surface area contributed by atoms with Gasteiger partial charge in [-0.3, -0.25) is 0 Å². The van der Waals surface area contributed by atoms with E-state index in [4.69, 9.17) is 0 Å². The minimum atomic E-state index is 1.30. The van der Waals surface area contributed by atoms with Gasteiger partial charge in [0.25, 0.3) is 0 Å². The third-order valence-corrected chi connectivity index (χ3v) is 2.82. The molecule has 1 nitrogen and oxygen atoms in total. The second-order valence-electron chi connectivity index (χ2n) is 2.60.